The Balaban J connectivity index is 2.09. The summed E-state index contributed by atoms with van der Waals surface area (Å²) in [6.07, 6.45) is 5.67. The number of H-pyrrole nitrogens is 1. The first-order valence-corrected chi connectivity index (χ1v) is 7.17. The van der Waals surface area contributed by atoms with Crippen molar-refractivity contribution >= 4 is 17.7 Å². The number of nitrogens with one attached hydrogen (secondary N) is 2. The first-order valence-electron chi connectivity index (χ1n) is 6.18. The molecule has 1 aromatic heterocycles. The van der Waals surface area contributed by atoms with Gasteiger partial charge in [0.15, 0.2) is 5.16 Å². The van der Waals surface area contributed by atoms with Crippen LogP contribution in [-0.2, 0) is 9.53 Å². The molecule has 1 saturated carbocycles. The van der Waals surface area contributed by atoms with E-state index in [-0.39, 0.29) is 5.97 Å². The molecule has 100 valence electrons. The first-order chi connectivity index (χ1) is 8.73. The number of methoxy groups -OCH3 is 1. The molecule has 0 bridgehead atoms. The molecule has 0 radical (unpaired) electrons. The number of carbonyl (C=O) groups is 1. The van der Waals surface area contributed by atoms with E-state index in [2.05, 4.69) is 15.3 Å². The van der Waals surface area contributed by atoms with Crippen LogP contribution in [-0.4, -0.2) is 40.9 Å². The number of carbonyl (C=O) groups excluding carboxylic acids is 1. The molecule has 1 unspecified atom stereocenters. The number of aromatic amines is 1. The van der Waals surface area contributed by atoms with Gasteiger partial charge in [-0.25, -0.2) is 4.98 Å². The highest BCUT2D eigenvalue weighted by Gasteiger charge is 2.51. The van der Waals surface area contributed by atoms with E-state index in [9.17, 15) is 4.79 Å². The number of hydrogen-bond donors (Lipinski definition) is 2. The van der Waals surface area contributed by atoms with Crippen LogP contribution in [0.3, 0.4) is 0 Å². The normalized spacial score (nSPS) is 18.3. The molecule has 1 atom stereocenters. The van der Waals surface area contributed by atoms with Crippen LogP contribution in [0.1, 0.15) is 19.8 Å². The summed E-state index contributed by atoms with van der Waals surface area (Å²) in [4.78, 5) is 19.3. The van der Waals surface area contributed by atoms with Crippen molar-refractivity contribution in [1.82, 2.24) is 15.3 Å². The molecule has 1 aliphatic carbocycles. The topological polar surface area (TPSA) is 67.0 Å². The predicted octanol–water partition coefficient (Wildman–Crippen LogP) is 1.43. The molecule has 6 heteroatoms. The van der Waals surface area contributed by atoms with Gasteiger partial charge in [-0.2, -0.15) is 0 Å². The number of nitrogens with zero attached hydrogens (tertiary/aromatic N) is 1. The summed E-state index contributed by atoms with van der Waals surface area (Å²) >= 11 is 1.56. The molecular weight excluding hydrogens is 250 g/mol. The average molecular weight is 269 g/mol. The lowest BCUT2D eigenvalue weighted by atomic mass is 9.95. The van der Waals surface area contributed by atoms with Crippen molar-refractivity contribution in [3.8, 4) is 0 Å². The van der Waals surface area contributed by atoms with Gasteiger partial charge in [0.25, 0.3) is 0 Å². The molecule has 0 saturated heterocycles. The second-order valence-corrected chi connectivity index (χ2v) is 5.41. The molecule has 18 heavy (non-hydrogen) atoms. The lowest BCUT2D eigenvalue weighted by Crippen LogP contribution is -2.56. The van der Waals surface area contributed by atoms with Crippen LogP contribution in [0.2, 0.25) is 0 Å². The number of rotatable bonds is 7. The van der Waals surface area contributed by atoms with Crippen LogP contribution in [0, 0.1) is 5.92 Å². The summed E-state index contributed by atoms with van der Waals surface area (Å²) in [5.74, 6) is 0.865. The average Bonchev–Trinajstić information content (AvgIpc) is 3.11. The van der Waals surface area contributed by atoms with Crippen LogP contribution >= 0.6 is 11.8 Å². The highest BCUT2D eigenvalue weighted by molar-refractivity contribution is 7.99. The maximum Gasteiger partial charge on any atom is 0.327 e. The minimum absolute atomic E-state index is 0.161. The maximum absolute atomic E-state index is 12.1. The Hall–Kier alpha value is -1.01. The quantitative estimate of drug-likeness (QED) is 0.579. The van der Waals surface area contributed by atoms with E-state index in [1.54, 1.807) is 24.2 Å². The van der Waals surface area contributed by atoms with E-state index in [1.807, 2.05) is 6.92 Å². The van der Waals surface area contributed by atoms with Crippen molar-refractivity contribution in [2.45, 2.75) is 30.5 Å². The summed E-state index contributed by atoms with van der Waals surface area (Å²) in [7, 11) is 1.45. The van der Waals surface area contributed by atoms with Crippen molar-refractivity contribution in [2.75, 3.05) is 19.4 Å². The molecule has 5 nitrogen and oxygen atoms in total. The van der Waals surface area contributed by atoms with Crippen LogP contribution < -0.4 is 5.32 Å². The smallest absolute Gasteiger partial charge is 0.327 e. The highest BCUT2D eigenvalue weighted by atomic mass is 32.2. The number of ether oxygens (including phenoxy) is 1. The van der Waals surface area contributed by atoms with E-state index >= 15 is 0 Å². The third kappa shape index (κ3) is 2.70. The van der Waals surface area contributed by atoms with E-state index in [1.165, 1.54) is 7.11 Å². The number of thioether (sulfide) groups is 1. The number of hydrogen-bond acceptors (Lipinski definition) is 5. The van der Waals surface area contributed by atoms with Crippen molar-refractivity contribution in [1.29, 1.82) is 0 Å². The summed E-state index contributed by atoms with van der Waals surface area (Å²) in [6.45, 7) is 2.77. The van der Waals surface area contributed by atoms with Gasteiger partial charge in [0.1, 0.15) is 5.54 Å². The minimum Gasteiger partial charge on any atom is -0.468 e. The van der Waals surface area contributed by atoms with Crippen LogP contribution in [0.5, 0.6) is 0 Å². The Morgan fingerprint density at radius 2 is 2.50 bits per heavy atom. The van der Waals surface area contributed by atoms with Gasteiger partial charge in [0.2, 0.25) is 0 Å². The zero-order chi connectivity index (χ0) is 13.0. The summed E-state index contributed by atoms with van der Waals surface area (Å²) < 4.78 is 4.99. The van der Waals surface area contributed by atoms with Gasteiger partial charge >= 0.3 is 5.97 Å². The third-order valence-electron chi connectivity index (χ3n) is 3.23. The fourth-order valence-corrected chi connectivity index (χ4v) is 3.30. The van der Waals surface area contributed by atoms with Crippen molar-refractivity contribution < 1.29 is 9.53 Å². The van der Waals surface area contributed by atoms with Crippen molar-refractivity contribution in [3.63, 3.8) is 0 Å². The molecule has 1 aliphatic rings. The van der Waals surface area contributed by atoms with Gasteiger partial charge < -0.3 is 15.0 Å². The number of imidazole rings is 1. The molecule has 1 fully saturated rings. The molecule has 1 heterocycles. The third-order valence-corrected chi connectivity index (χ3v) is 4.32. The van der Waals surface area contributed by atoms with Gasteiger partial charge in [-0.3, -0.25) is 4.79 Å². The molecule has 0 aromatic carbocycles. The van der Waals surface area contributed by atoms with Gasteiger partial charge in [0.05, 0.1) is 7.11 Å². The standard InChI is InChI=1S/C12H19N3O2S/c1-3-15-12(9-4-5-9,10(16)17-2)8-18-11-13-6-7-14-11/h6-7,9,15H,3-5,8H2,1-2H3,(H,13,14). The summed E-state index contributed by atoms with van der Waals surface area (Å²) in [6, 6.07) is 0. The monoisotopic (exact) mass is 269 g/mol. The Labute approximate surface area is 111 Å². The van der Waals surface area contributed by atoms with Crippen LogP contribution in [0.4, 0.5) is 0 Å². The molecule has 2 N–H and O–H groups in total. The summed E-state index contributed by atoms with van der Waals surface area (Å²) in [5, 5.41) is 4.17. The second-order valence-electron chi connectivity index (χ2n) is 4.45. The maximum atomic E-state index is 12.1. The fraction of sp³-hybridized carbons (Fsp3) is 0.667. The largest absolute Gasteiger partial charge is 0.468 e. The van der Waals surface area contributed by atoms with E-state index < -0.39 is 5.54 Å². The Morgan fingerprint density at radius 1 is 1.72 bits per heavy atom. The molecule has 0 aliphatic heterocycles. The predicted molar refractivity (Wildman–Crippen MR) is 70.5 cm³/mol. The zero-order valence-corrected chi connectivity index (χ0v) is 11.5. The van der Waals surface area contributed by atoms with E-state index in [4.69, 9.17) is 4.74 Å². The van der Waals surface area contributed by atoms with Gasteiger partial charge in [-0.1, -0.05) is 18.7 Å². The molecule has 0 spiro atoms. The fourth-order valence-electron chi connectivity index (χ4n) is 2.20. The molecule has 1 aromatic rings. The highest BCUT2D eigenvalue weighted by Crippen LogP contribution is 2.42. The second kappa shape index (κ2) is 5.75. The lowest BCUT2D eigenvalue weighted by Gasteiger charge is -2.31. The first kappa shape index (κ1) is 13.4. The minimum atomic E-state index is -0.568. The van der Waals surface area contributed by atoms with Crippen LogP contribution in [0.15, 0.2) is 17.6 Å². The van der Waals surface area contributed by atoms with Crippen LogP contribution in [0.25, 0.3) is 0 Å². The van der Waals surface area contributed by atoms with Gasteiger partial charge in [-0.05, 0) is 25.3 Å². The van der Waals surface area contributed by atoms with E-state index in [0.717, 1.165) is 24.5 Å². The lowest BCUT2D eigenvalue weighted by molar-refractivity contribution is -0.148. The van der Waals surface area contributed by atoms with E-state index in [0.29, 0.717) is 11.7 Å². The number of esters is 1. The zero-order valence-electron chi connectivity index (χ0n) is 10.7. The van der Waals surface area contributed by atoms with Crippen molar-refractivity contribution in [3.05, 3.63) is 12.4 Å². The Morgan fingerprint density at radius 3 is 3.00 bits per heavy atom. The van der Waals surface area contributed by atoms with Crippen molar-refractivity contribution in [2.24, 2.45) is 5.92 Å². The number of aromatic nitrogens is 2. The summed E-state index contributed by atoms with van der Waals surface area (Å²) in [5.41, 5.74) is -0.568. The van der Waals surface area contributed by atoms with Gasteiger partial charge in [0, 0.05) is 18.1 Å². The number of likely N-dealkylation sites (N-methyl/N-ethyl adjacent to an activating group) is 1. The molecular formula is C12H19N3O2S. The SMILES string of the molecule is CCNC(CSc1ncc[nH]1)(C(=O)OC)C1CC1. The van der Waals surface area contributed by atoms with Gasteiger partial charge in [-0.15, -0.1) is 0 Å². The molecule has 2 rings (SSSR count). The Bertz CT molecular complexity index is 392. The Kier molecular flexibility index (Phi) is 4.29. The molecule has 0 amide bonds.